The van der Waals surface area contributed by atoms with E-state index < -0.39 is 0 Å². The standard InChI is InChI=1S/C12H16BrClN2/c1-9-5-12(15-7-11(9)13)16-4-2-3-10(6-14)8-16/h5,7,10H,2-4,6,8H2,1H3. The number of piperidine rings is 1. The highest BCUT2D eigenvalue weighted by molar-refractivity contribution is 9.10. The maximum atomic E-state index is 5.94. The first-order valence-electron chi connectivity index (χ1n) is 5.63. The van der Waals surface area contributed by atoms with Crippen LogP contribution in [0.4, 0.5) is 5.82 Å². The summed E-state index contributed by atoms with van der Waals surface area (Å²) >= 11 is 9.41. The molecule has 0 amide bonds. The smallest absolute Gasteiger partial charge is 0.128 e. The molecule has 0 bridgehead atoms. The minimum atomic E-state index is 0.612. The molecule has 1 aromatic rings. The summed E-state index contributed by atoms with van der Waals surface area (Å²) in [6.07, 6.45) is 4.35. The molecule has 0 aliphatic carbocycles. The highest BCUT2D eigenvalue weighted by Crippen LogP contribution is 2.25. The van der Waals surface area contributed by atoms with Gasteiger partial charge in [0.2, 0.25) is 0 Å². The van der Waals surface area contributed by atoms with Crippen LogP contribution >= 0.6 is 27.5 Å². The van der Waals surface area contributed by atoms with Crippen LogP contribution in [0, 0.1) is 12.8 Å². The van der Waals surface area contributed by atoms with E-state index in [9.17, 15) is 0 Å². The summed E-state index contributed by atoms with van der Waals surface area (Å²) in [6.45, 7) is 4.23. The predicted molar refractivity (Wildman–Crippen MR) is 72.3 cm³/mol. The van der Waals surface area contributed by atoms with Crippen LogP contribution in [-0.2, 0) is 0 Å². The number of anilines is 1. The third-order valence-electron chi connectivity index (χ3n) is 3.09. The number of hydrogen-bond donors (Lipinski definition) is 0. The molecule has 1 fully saturated rings. The fourth-order valence-electron chi connectivity index (χ4n) is 2.10. The number of alkyl halides is 1. The van der Waals surface area contributed by atoms with E-state index in [-0.39, 0.29) is 0 Å². The lowest BCUT2D eigenvalue weighted by atomic mass is 10.00. The van der Waals surface area contributed by atoms with Crippen molar-refractivity contribution in [2.75, 3.05) is 23.9 Å². The van der Waals surface area contributed by atoms with Gasteiger partial charge in [-0.1, -0.05) is 0 Å². The van der Waals surface area contributed by atoms with Gasteiger partial charge in [-0.15, -0.1) is 11.6 Å². The third kappa shape index (κ3) is 2.69. The van der Waals surface area contributed by atoms with Gasteiger partial charge in [0.15, 0.2) is 0 Å². The van der Waals surface area contributed by atoms with Crippen molar-refractivity contribution in [1.29, 1.82) is 0 Å². The molecule has 88 valence electrons. The molecular weight excluding hydrogens is 288 g/mol. The number of pyridine rings is 1. The fraction of sp³-hybridized carbons (Fsp3) is 0.583. The van der Waals surface area contributed by atoms with Gasteiger partial charge in [0.05, 0.1) is 0 Å². The first-order chi connectivity index (χ1) is 7.70. The summed E-state index contributed by atoms with van der Waals surface area (Å²) in [6, 6.07) is 2.14. The lowest BCUT2D eigenvalue weighted by molar-refractivity contribution is 0.448. The van der Waals surface area contributed by atoms with Crippen molar-refractivity contribution in [3.8, 4) is 0 Å². The molecule has 16 heavy (non-hydrogen) atoms. The van der Waals surface area contributed by atoms with Crippen LogP contribution < -0.4 is 4.90 Å². The van der Waals surface area contributed by atoms with Crippen LogP contribution in [0.5, 0.6) is 0 Å². The highest BCUT2D eigenvalue weighted by atomic mass is 79.9. The van der Waals surface area contributed by atoms with Crippen molar-refractivity contribution < 1.29 is 0 Å². The van der Waals surface area contributed by atoms with E-state index in [2.05, 4.69) is 38.8 Å². The van der Waals surface area contributed by atoms with Gasteiger partial charge in [-0.05, 0) is 53.2 Å². The quantitative estimate of drug-likeness (QED) is 0.776. The molecule has 1 aromatic heterocycles. The second-order valence-corrected chi connectivity index (χ2v) is 5.56. The molecule has 0 N–H and O–H groups in total. The van der Waals surface area contributed by atoms with Crippen LogP contribution in [0.1, 0.15) is 18.4 Å². The number of nitrogens with zero attached hydrogens (tertiary/aromatic N) is 2. The first-order valence-corrected chi connectivity index (χ1v) is 6.96. The minimum Gasteiger partial charge on any atom is -0.356 e. The van der Waals surface area contributed by atoms with Gasteiger partial charge in [-0.2, -0.15) is 0 Å². The van der Waals surface area contributed by atoms with Gasteiger partial charge in [0.25, 0.3) is 0 Å². The molecular formula is C12H16BrClN2. The summed E-state index contributed by atoms with van der Waals surface area (Å²) in [5.41, 5.74) is 1.23. The van der Waals surface area contributed by atoms with Gasteiger partial charge >= 0.3 is 0 Å². The zero-order valence-electron chi connectivity index (χ0n) is 9.42. The maximum Gasteiger partial charge on any atom is 0.128 e. The minimum absolute atomic E-state index is 0.612. The molecule has 1 unspecified atom stereocenters. The van der Waals surface area contributed by atoms with E-state index in [1.165, 1.54) is 18.4 Å². The monoisotopic (exact) mass is 302 g/mol. The average molecular weight is 304 g/mol. The zero-order valence-corrected chi connectivity index (χ0v) is 11.8. The van der Waals surface area contributed by atoms with Crippen molar-refractivity contribution in [2.24, 2.45) is 5.92 Å². The highest BCUT2D eigenvalue weighted by Gasteiger charge is 2.20. The Bertz CT molecular complexity index is 370. The molecule has 1 atom stereocenters. The number of rotatable bonds is 2. The van der Waals surface area contributed by atoms with Crippen molar-refractivity contribution in [3.63, 3.8) is 0 Å². The predicted octanol–water partition coefficient (Wildman–Crippen LogP) is 3.61. The molecule has 0 aromatic carbocycles. The fourth-order valence-corrected chi connectivity index (χ4v) is 2.57. The Hall–Kier alpha value is -0.280. The second-order valence-electron chi connectivity index (χ2n) is 4.40. The van der Waals surface area contributed by atoms with Crippen LogP contribution in [0.15, 0.2) is 16.7 Å². The van der Waals surface area contributed by atoms with Crippen molar-refractivity contribution in [2.45, 2.75) is 19.8 Å². The average Bonchev–Trinajstić information content (AvgIpc) is 2.33. The van der Waals surface area contributed by atoms with E-state index >= 15 is 0 Å². The SMILES string of the molecule is Cc1cc(N2CCCC(CCl)C2)ncc1Br. The van der Waals surface area contributed by atoms with Crippen LogP contribution in [0.3, 0.4) is 0 Å². The normalized spacial score (nSPS) is 21.2. The Morgan fingerprint density at radius 1 is 1.62 bits per heavy atom. The Morgan fingerprint density at radius 2 is 2.44 bits per heavy atom. The van der Waals surface area contributed by atoms with Crippen molar-refractivity contribution in [1.82, 2.24) is 4.98 Å². The van der Waals surface area contributed by atoms with Gasteiger partial charge in [-0.3, -0.25) is 0 Å². The van der Waals surface area contributed by atoms with Gasteiger partial charge in [0, 0.05) is 29.6 Å². The number of aryl methyl sites for hydroxylation is 1. The molecule has 1 aliphatic heterocycles. The zero-order chi connectivity index (χ0) is 11.5. The maximum absolute atomic E-state index is 5.94. The molecule has 0 radical (unpaired) electrons. The Balaban J connectivity index is 2.13. The van der Waals surface area contributed by atoms with Crippen LogP contribution in [0.25, 0.3) is 0 Å². The third-order valence-corrected chi connectivity index (χ3v) is 4.36. The largest absolute Gasteiger partial charge is 0.356 e. The topological polar surface area (TPSA) is 16.1 Å². The summed E-state index contributed by atoms with van der Waals surface area (Å²) in [7, 11) is 0. The molecule has 2 heterocycles. The number of aromatic nitrogens is 1. The van der Waals surface area contributed by atoms with Gasteiger partial charge < -0.3 is 4.90 Å². The molecule has 0 saturated carbocycles. The molecule has 1 aliphatic rings. The summed E-state index contributed by atoms with van der Waals surface area (Å²) < 4.78 is 1.07. The summed E-state index contributed by atoms with van der Waals surface area (Å²) in [5.74, 6) is 2.45. The molecule has 2 rings (SSSR count). The van der Waals surface area contributed by atoms with E-state index in [1.807, 2.05) is 6.20 Å². The van der Waals surface area contributed by atoms with Gasteiger partial charge in [0.1, 0.15) is 5.82 Å². The Morgan fingerprint density at radius 3 is 3.12 bits per heavy atom. The lowest BCUT2D eigenvalue weighted by Crippen LogP contribution is -2.36. The van der Waals surface area contributed by atoms with E-state index in [0.29, 0.717) is 5.92 Å². The number of hydrogen-bond acceptors (Lipinski definition) is 2. The van der Waals surface area contributed by atoms with E-state index in [0.717, 1.165) is 29.3 Å². The van der Waals surface area contributed by atoms with Crippen LogP contribution in [0.2, 0.25) is 0 Å². The Kier molecular flexibility index (Phi) is 4.09. The summed E-state index contributed by atoms with van der Waals surface area (Å²) in [5, 5.41) is 0. The van der Waals surface area contributed by atoms with E-state index in [4.69, 9.17) is 11.6 Å². The molecule has 4 heteroatoms. The van der Waals surface area contributed by atoms with Crippen molar-refractivity contribution in [3.05, 3.63) is 22.3 Å². The molecule has 1 saturated heterocycles. The second kappa shape index (κ2) is 5.37. The molecule has 0 spiro atoms. The number of halogens is 2. The van der Waals surface area contributed by atoms with Crippen LogP contribution in [-0.4, -0.2) is 24.0 Å². The summed E-state index contributed by atoms with van der Waals surface area (Å²) in [4.78, 5) is 6.81. The Labute approximate surface area is 110 Å². The van der Waals surface area contributed by atoms with Gasteiger partial charge in [-0.25, -0.2) is 4.98 Å². The lowest BCUT2D eigenvalue weighted by Gasteiger charge is -2.32. The first kappa shape index (κ1) is 12.2. The van der Waals surface area contributed by atoms with Crippen molar-refractivity contribution >= 4 is 33.3 Å². The van der Waals surface area contributed by atoms with E-state index in [1.54, 1.807) is 0 Å². The molecule has 2 nitrogen and oxygen atoms in total.